The number of hydrogen-bond acceptors (Lipinski definition) is 9. The number of carbonyl (C=O) groups is 2. The lowest BCUT2D eigenvalue weighted by molar-refractivity contribution is 0.0499. The van der Waals surface area contributed by atoms with E-state index < -0.39 is 21.7 Å². The Morgan fingerprint density at radius 2 is 1.77 bits per heavy atom. The average Bonchev–Trinajstić information content (AvgIpc) is 3.43. The van der Waals surface area contributed by atoms with Crippen LogP contribution in [0.1, 0.15) is 49.5 Å². The van der Waals surface area contributed by atoms with Crippen LogP contribution in [-0.2, 0) is 14.8 Å². The van der Waals surface area contributed by atoms with Crippen LogP contribution in [0, 0.1) is 6.92 Å². The summed E-state index contributed by atoms with van der Waals surface area (Å²) in [6.07, 6.45) is 5.69. The number of ether oxygens (including phenoxy) is 1. The number of aromatic nitrogens is 3. The lowest BCUT2D eigenvalue weighted by Crippen LogP contribution is -2.49. The highest BCUT2D eigenvalue weighted by atomic mass is 32.2. The fraction of sp³-hybridized carbons (Fsp3) is 0.314. The van der Waals surface area contributed by atoms with Crippen molar-refractivity contribution in [3.8, 4) is 11.1 Å². The van der Waals surface area contributed by atoms with E-state index in [2.05, 4.69) is 25.5 Å². The molecule has 48 heavy (non-hydrogen) atoms. The average molecular weight is 670 g/mol. The summed E-state index contributed by atoms with van der Waals surface area (Å²) in [5.41, 5.74) is 10.6. The van der Waals surface area contributed by atoms with Crippen molar-refractivity contribution < 1.29 is 22.7 Å². The Bertz CT molecular complexity index is 2150. The number of nitrogens with zero attached hydrogens (tertiary/aromatic N) is 4. The topological polar surface area (TPSA) is 162 Å². The van der Waals surface area contributed by atoms with Gasteiger partial charge >= 0.3 is 6.09 Å². The first kappa shape index (κ1) is 32.8. The van der Waals surface area contributed by atoms with Crippen LogP contribution in [0.3, 0.4) is 0 Å². The van der Waals surface area contributed by atoms with Crippen molar-refractivity contribution >= 4 is 55.3 Å². The fourth-order valence-corrected chi connectivity index (χ4v) is 7.40. The third kappa shape index (κ3) is 6.37. The smallest absolute Gasteiger partial charge is 0.407 e. The minimum Gasteiger partial charge on any atom is -0.444 e. The van der Waals surface area contributed by atoms with Gasteiger partial charge in [0.15, 0.2) is 5.65 Å². The molecular formula is C35H39N7O5S. The molecule has 1 aliphatic heterocycles. The number of fused-ring (bicyclic) bond motifs is 2. The van der Waals surface area contributed by atoms with Gasteiger partial charge in [0.05, 0.1) is 33.5 Å². The monoisotopic (exact) mass is 669 g/mol. The summed E-state index contributed by atoms with van der Waals surface area (Å²) in [5.74, 6) is -0.345. The molecule has 13 heteroatoms. The van der Waals surface area contributed by atoms with E-state index >= 15 is 0 Å². The van der Waals surface area contributed by atoms with Crippen molar-refractivity contribution in [1.82, 2.24) is 24.6 Å². The summed E-state index contributed by atoms with van der Waals surface area (Å²) in [5, 5.41) is 6.86. The lowest BCUT2D eigenvalue weighted by Gasteiger charge is -2.36. The van der Waals surface area contributed by atoms with Crippen molar-refractivity contribution in [3.63, 3.8) is 0 Å². The van der Waals surface area contributed by atoms with E-state index in [0.29, 0.717) is 46.4 Å². The highest BCUT2D eigenvalue weighted by Crippen LogP contribution is 2.38. The molecule has 0 saturated carbocycles. The van der Waals surface area contributed by atoms with E-state index in [1.54, 1.807) is 42.7 Å². The molecular weight excluding hydrogens is 630 g/mol. The third-order valence-corrected chi connectivity index (χ3v) is 9.98. The molecule has 2 amide bonds. The number of carbonyl (C=O) groups excluding carboxylic acids is 2. The fourth-order valence-electron chi connectivity index (χ4n) is 6.07. The van der Waals surface area contributed by atoms with Crippen molar-refractivity contribution in [2.24, 2.45) is 0 Å². The van der Waals surface area contributed by atoms with Crippen LogP contribution >= 0.6 is 0 Å². The molecule has 3 aromatic heterocycles. The van der Waals surface area contributed by atoms with E-state index in [1.807, 2.05) is 45.9 Å². The molecule has 1 saturated heterocycles. The van der Waals surface area contributed by atoms with Crippen LogP contribution in [-0.4, -0.2) is 66.1 Å². The molecule has 0 bridgehead atoms. The number of anilines is 2. The number of rotatable bonds is 6. The Kier molecular flexibility index (Phi) is 8.50. The van der Waals surface area contributed by atoms with Crippen molar-refractivity contribution in [1.29, 1.82) is 0 Å². The molecule has 250 valence electrons. The van der Waals surface area contributed by atoms with Crippen molar-refractivity contribution in [2.45, 2.75) is 57.1 Å². The number of amides is 2. The number of pyridine rings is 2. The van der Waals surface area contributed by atoms with Gasteiger partial charge in [-0.1, -0.05) is 23.8 Å². The predicted octanol–water partition coefficient (Wildman–Crippen LogP) is 5.23. The van der Waals surface area contributed by atoms with Gasteiger partial charge in [0, 0.05) is 54.9 Å². The first-order valence-electron chi connectivity index (χ1n) is 15.7. The molecule has 12 nitrogen and oxygen atoms in total. The van der Waals surface area contributed by atoms with Gasteiger partial charge in [-0.05, 0) is 76.4 Å². The largest absolute Gasteiger partial charge is 0.444 e. The molecule has 1 fully saturated rings. The second kappa shape index (κ2) is 12.5. The zero-order valence-electron chi connectivity index (χ0n) is 27.6. The SMILES string of the molecule is CNC(=O)c1cnc2c(c1)c(-c1ccc3ncc(N)c(N4CCC[C@H](NC(=O)OC(C)(C)C)C4)c3c1)cn2S(=O)(=O)c1ccc(C)cc1. The summed E-state index contributed by atoms with van der Waals surface area (Å²) in [6, 6.07) is 13.8. The first-order chi connectivity index (χ1) is 22.7. The second-order valence-electron chi connectivity index (χ2n) is 13.1. The summed E-state index contributed by atoms with van der Waals surface area (Å²) < 4.78 is 34.6. The minimum absolute atomic E-state index is 0.117. The van der Waals surface area contributed by atoms with Gasteiger partial charge in [-0.3, -0.25) is 9.78 Å². The predicted molar refractivity (Wildman–Crippen MR) is 187 cm³/mol. The Morgan fingerprint density at radius 3 is 2.48 bits per heavy atom. The van der Waals surface area contributed by atoms with Gasteiger partial charge in [-0.25, -0.2) is 22.2 Å². The zero-order valence-corrected chi connectivity index (χ0v) is 28.4. The number of nitrogens with one attached hydrogen (secondary N) is 2. The molecule has 0 spiro atoms. The van der Waals surface area contributed by atoms with Crippen LogP contribution in [0.25, 0.3) is 33.1 Å². The summed E-state index contributed by atoms with van der Waals surface area (Å²) in [6.45, 7) is 8.59. The van der Waals surface area contributed by atoms with Gasteiger partial charge in [0.25, 0.3) is 15.9 Å². The summed E-state index contributed by atoms with van der Waals surface area (Å²) in [4.78, 5) is 36.5. The van der Waals surface area contributed by atoms with Gasteiger partial charge in [0.2, 0.25) is 0 Å². The molecule has 2 aromatic carbocycles. The summed E-state index contributed by atoms with van der Waals surface area (Å²) in [7, 11) is -2.52. The Labute approximate surface area is 279 Å². The van der Waals surface area contributed by atoms with E-state index in [4.69, 9.17) is 10.5 Å². The maximum absolute atomic E-state index is 14.0. The number of hydrogen-bond donors (Lipinski definition) is 3. The number of nitrogen functional groups attached to an aromatic ring is 1. The molecule has 4 heterocycles. The quantitative estimate of drug-likeness (QED) is 0.220. The van der Waals surface area contributed by atoms with Gasteiger partial charge in [-0.15, -0.1) is 0 Å². The molecule has 6 rings (SSSR count). The normalized spacial score (nSPS) is 15.4. The third-order valence-electron chi connectivity index (χ3n) is 8.32. The van der Waals surface area contributed by atoms with Crippen LogP contribution < -0.4 is 21.3 Å². The molecule has 4 N–H and O–H groups in total. The molecule has 0 unspecified atom stereocenters. The molecule has 0 radical (unpaired) electrons. The number of benzene rings is 2. The van der Waals surface area contributed by atoms with E-state index in [0.717, 1.165) is 33.5 Å². The number of nitrogens with two attached hydrogens (primary N) is 1. The highest BCUT2D eigenvalue weighted by molar-refractivity contribution is 7.90. The van der Waals surface area contributed by atoms with Crippen LogP contribution in [0.5, 0.6) is 0 Å². The summed E-state index contributed by atoms with van der Waals surface area (Å²) >= 11 is 0. The Morgan fingerprint density at radius 1 is 1.02 bits per heavy atom. The van der Waals surface area contributed by atoms with Gasteiger partial charge in [-0.2, -0.15) is 0 Å². The maximum Gasteiger partial charge on any atom is 0.407 e. The first-order valence-corrected chi connectivity index (χ1v) is 17.2. The molecule has 0 aliphatic carbocycles. The maximum atomic E-state index is 14.0. The lowest BCUT2D eigenvalue weighted by atomic mass is 9.99. The molecule has 1 aliphatic rings. The van der Waals surface area contributed by atoms with Crippen molar-refractivity contribution in [3.05, 3.63) is 78.2 Å². The molecule has 5 aromatic rings. The van der Waals surface area contributed by atoms with Gasteiger partial charge < -0.3 is 26.0 Å². The zero-order chi connectivity index (χ0) is 34.4. The Balaban J connectivity index is 1.46. The van der Waals surface area contributed by atoms with E-state index in [9.17, 15) is 18.0 Å². The van der Waals surface area contributed by atoms with E-state index in [-0.39, 0.29) is 22.5 Å². The van der Waals surface area contributed by atoms with Gasteiger partial charge in [0.1, 0.15) is 5.60 Å². The minimum atomic E-state index is -4.04. The second-order valence-corrected chi connectivity index (χ2v) is 14.9. The van der Waals surface area contributed by atoms with Crippen molar-refractivity contribution in [2.75, 3.05) is 30.8 Å². The van der Waals surface area contributed by atoms with Crippen LogP contribution in [0.15, 0.2) is 72.0 Å². The highest BCUT2D eigenvalue weighted by Gasteiger charge is 2.28. The number of aryl methyl sites for hydroxylation is 1. The van der Waals surface area contributed by atoms with Crippen LogP contribution in [0.2, 0.25) is 0 Å². The standard InChI is InChI=1S/C35H39N7O5S/c1-21-8-11-25(12-9-21)48(45,46)42-20-28(26-16-23(33(43)37-5)17-39-32(26)42)22-10-13-30-27(15-22)31(29(36)18-38-30)41-14-6-7-24(19-41)40-34(44)47-35(2,3)4/h8-13,15-18,20,24H,6-7,14,19,36H2,1-5H3,(H,37,43)(H,40,44)/t24-/m0/s1. The van der Waals surface area contributed by atoms with E-state index in [1.165, 1.54) is 13.2 Å². The number of alkyl carbamates (subject to hydrolysis) is 1. The van der Waals surface area contributed by atoms with Crippen LogP contribution in [0.4, 0.5) is 16.2 Å². The molecule has 1 atom stereocenters. The number of piperidine rings is 1. The Hall–Kier alpha value is -5.17.